The first-order valence-corrected chi connectivity index (χ1v) is 8.70. The SMILES string of the molecule is O=C(CN1CCN(C(=O)Cc2ccccc2)CC1)Nc1ccccc1F. The van der Waals surface area contributed by atoms with E-state index in [1.54, 1.807) is 12.1 Å². The van der Waals surface area contributed by atoms with Gasteiger partial charge in [0.2, 0.25) is 11.8 Å². The molecule has 3 rings (SSSR count). The highest BCUT2D eigenvalue weighted by molar-refractivity contribution is 5.92. The van der Waals surface area contributed by atoms with E-state index in [2.05, 4.69) is 5.32 Å². The van der Waals surface area contributed by atoms with Gasteiger partial charge in [-0.1, -0.05) is 42.5 Å². The quantitative estimate of drug-likeness (QED) is 0.894. The zero-order valence-electron chi connectivity index (χ0n) is 14.5. The first-order chi connectivity index (χ1) is 12.6. The standard InChI is InChI=1S/C20H22FN3O2/c21-17-8-4-5-9-18(17)22-19(25)15-23-10-12-24(13-11-23)20(26)14-16-6-2-1-3-7-16/h1-9H,10-15H2,(H,22,25). The number of halogens is 1. The largest absolute Gasteiger partial charge is 0.340 e. The molecule has 136 valence electrons. The van der Waals surface area contributed by atoms with Crippen LogP contribution in [0.4, 0.5) is 10.1 Å². The van der Waals surface area contributed by atoms with Gasteiger partial charge >= 0.3 is 0 Å². The summed E-state index contributed by atoms with van der Waals surface area (Å²) in [7, 11) is 0. The number of benzene rings is 2. The average Bonchev–Trinajstić information content (AvgIpc) is 2.65. The number of rotatable bonds is 5. The van der Waals surface area contributed by atoms with Gasteiger partial charge in [0.25, 0.3) is 0 Å². The summed E-state index contributed by atoms with van der Waals surface area (Å²) in [5, 5.41) is 2.59. The number of para-hydroxylation sites is 1. The Balaban J connectivity index is 1.44. The number of hydrogen-bond acceptors (Lipinski definition) is 3. The van der Waals surface area contributed by atoms with E-state index in [1.807, 2.05) is 40.1 Å². The van der Waals surface area contributed by atoms with E-state index >= 15 is 0 Å². The molecule has 6 heteroatoms. The van der Waals surface area contributed by atoms with Crippen LogP contribution >= 0.6 is 0 Å². The van der Waals surface area contributed by atoms with E-state index in [-0.39, 0.29) is 24.0 Å². The fourth-order valence-electron chi connectivity index (χ4n) is 2.99. The Morgan fingerprint density at radius 3 is 2.27 bits per heavy atom. The first-order valence-electron chi connectivity index (χ1n) is 8.70. The predicted molar refractivity (Wildman–Crippen MR) is 98.2 cm³/mol. The molecule has 26 heavy (non-hydrogen) atoms. The van der Waals surface area contributed by atoms with E-state index in [0.29, 0.717) is 32.6 Å². The minimum absolute atomic E-state index is 0.103. The van der Waals surface area contributed by atoms with Gasteiger partial charge in [-0.25, -0.2) is 4.39 Å². The number of carbonyl (C=O) groups is 2. The summed E-state index contributed by atoms with van der Waals surface area (Å²) < 4.78 is 13.6. The van der Waals surface area contributed by atoms with Gasteiger partial charge in [0.05, 0.1) is 18.7 Å². The molecule has 1 saturated heterocycles. The van der Waals surface area contributed by atoms with Gasteiger partial charge in [-0.05, 0) is 17.7 Å². The predicted octanol–water partition coefficient (Wildman–Crippen LogP) is 2.15. The molecule has 5 nitrogen and oxygen atoms in total. The van der Waals surface area contributed by atoms with Gasteiger partial charge < -0.3 is 10.2 Å². The van der Waals surface area contributed by atoms with E-state index in [1.165, 1.54) is 12.1 Å². The van der Waals surface area contributed by atoms with Crippen molar-refractivity contribution in [2.45, 2.75) is 6.42 Å². The van der Waals surface area contributed by atoms with Crippen LogP contribution in [0.15, 0.2) is 54.6 Å². The van der Waals surface area contributed by atoms with Crippen LogP contribution in [-0.4, -0.2) is 54.3 Å². The van der Waals surface area contributed by atoms with Crippen molar-refractivity contribution in [1.82, 2.24) is 9.80 Å². The van der Waals surface area contributed by atoms with Crippen LogP contribution in [0, 0.1) is 5.82 Å². The minimum Gasteiger partial charge on any atom is -0.340 e. The van der Waals surface area contributed by atoms with E-state index < -0.39 is 5.82 Å². The minimum atomic E-state index is -0.447. The van der Waals surface area contributed by atoms with Gasteiger partial charge in [0.15, 0.2) is 0 Å². The van der Waals surface area contributed by atoms with E-state index in [0.717, 1.165) is 5.56 Å². The highest BCUT2D eigenvalue weighted by Gasteiger charge is 2.22. The van der Waals surface area contributed by atoms with Crippen LogP contribution < -0.4 is 5.32 Å². The molecule has 2 aromatic carbocycles. The smallest absolute Gasteiger partial charge is 0.238 e. The molecular formula is C20H22FN3O2. The molecule has 1 aliphatic rings. The van der Waals surface area contributed by atoms with Crippen LogP contribution in [0.3, 0.4) is 0 Å². The van der Waals surface area contributed by atoms with Crippen molar-refractivity contribution in [2.24, 2.45) is 0 Å². The van der Waals surface area contributed by atoms with Crippen molar-refractivity contribution in [1.29, 1.82) is 0 Å². The molecule has 0 aromatic heterocycles. The number of nitrogens with zero attached hydrogens (tertiary/aromatic N) is 2. The van der Waals surface area contributed by atoms with Gasteiger partial charge in [-0.15, -0.1) is 0 Å². The fraction of sp³-hybridized carbons (Fsp3) is 0.300. The molecule has 2 amide bonds. The average molecular weight is 355 g/mol. The van der Waals surface area contributed by atoms with Crippen LogP contribution in [-0.2, 0) is 16.0 Å². The first kappa shape index (κ1) is 18.1. The van der Waals surface area contributed by atoms with E-state index in [4.69, 9.17) is 0 Å². The van der Waals surface area contributed by atoms with Gasteiger partial charge in [-0.2, -0.15) is 0 Å². The Hall–Kier alpha value is -2.73. The Morgan fingerprint density at radius 1 is 0.923 bits per heavy atom. The third-order valence-corrected chi connectivity index (χ3v) is 4.44. The topological polar surface area (TPSA) is 52.7 Å². The van der Waals surface area contributed by atoms with Crippen LogP contribution in [0.2, 0.25) is 0 Å². The Bertz CT molecular complexity index is 759. The fourth-order valence-corrected chi connectivity index (χ4v) is 2.99. The zero-order valence-corrected chi connectivity index (χ0v) is 14.5. The summed E-state index contributed by atoms with van der Waals surface area (Å²) in [5.74, 6) is -0.594. The molecular weight excluding hydrogens is 333 g/mol. The molecule has 0 unspecified atom stereocenters. The van der Waals surface area contributed by atoms with Crippen LogP contribution in [0.1, 0.15) is 5.56 Å². The van der Waals surface area contributed by atoms with Gasteiger partial charge in [0.1, 0.15) is 5.82 Å². The second-order valence-electron chi connectivity index (χ2n) is 6.35. The highest BCUT2D eigenvalue weighted by Crippen LogP contribution is 2.12. The third-order valence-electron chi connectivity index (χ3n) is 4.44. The van der Waals surface area contributed by atoms with Gasteiger partial charge in [0, 0.05) is 26.2 Å². The Morgan fingerprint density at radius 2 is 1.58 bits per heavy atom. The van der Waals surface area contributed by atoms with Crippen LogP contribution in [0.5, 0.6) is 0 Å². The molecule has 1 fully saturated rings. The maximum absolute atomic E-state index is 13.6. The molecule has 1 heterocycles. The Kier molecular flexibility index (Phi) is 5.96. The molecule has 0 spiro atoms. The lowest BCUT2D eigenvalue weighted by Crippen LogP contribution is -2.50. The summed E-state index contributed by atoms with van der Waals surface area (Å²) in [5.41, 5.74) is 1.19. The molecule has 0 bridgehead atoms. The summed E-state index contributed by atoms with van der Waals surface area (Å²) in [4.78, 5) is 28.3. The lowest BCUT2D eigenvalue weighted by Gasteiger charge is -2.34. The Labute approximate surface area is 152 Å². The normalized spacial score (nSPS) is 14.9. The molecule has 2 aromatic rings. The summed E-state index contributed by atoms with van der Waals surface area (Å²) >= 11 is 0. The number of hydrogen-bond donors (Lipinski definition) is 1. The van der Waals surface area contributed by atoms with Crippen molar-refractivity contribution >= 4 is 17.5 Å². The number of carbonyl (C=O) groups excluding carboxylic acids is 2. The van der Waals surface area contributed by atoms with Crippen LogP contribution in [0.25, 0.3) is 0 Å². The molecule has 0 radical (unpaired) electrons. The number of amides is 2. The monoisotopic (exact) mass is 355 g/mol. The van der Waals surface area contributed by atoms with Crippen molar-refractivity contribution in [3.63, 3.8) is 0 Å². The van der Waals surface area contributed by atoms with Crippen molar-refractivity contribution in [3.05, 3.63) is 66.0 Å². The molecule has 1 aliphatic heterocycles. The molecule has 0 atom stereocenters. The van der Waals surface area contributed by atoms with Gasteiger partial charge in [-0.3, -0.25) is 14.5 Å². The molecule has 0 saturated carbocycles. The summed E-state index contributed by atoms with van der Waals surface area (Å²) in [6.45, 7) is 2.64. The summed E-state index contributed by atoms with van der Waals surface area (Å²) in [6.07, 6.45) is 0.397. The second kappa shape index (κ2) is 8.58. The number of anilines is 1. The lowest BCUT2D eigenvalue weighted by atomic mass is 10.1. The number of piperazine rings is 1. The maximum atomic E-state index is 13.6. The van der Waals surface area contributed by atoms with Crippen molar-refractivity contribution in [2.75, 3.05) is 38.0 Å². The maximum Gasteiger partial charge on any atom is 0.238 e. The lowest BCUT2D eigenvalue weighted by molar-refractivity contribution is -0.132. The van der Waals surface area contributed by atoms with Crippen molar-refractivity contribution in [3.8, 4) is 0 Å². The third kappa shape index (κ3) is 4.89. The summed E-state index contributed by atoms with van der Waals surface area (Å²) in [6, 6.07) is 15.8. The van der Waals surface area contributed by atoms with E-state index in [9.17, 15) is 14.0 Å². The zero-order chi connectivity index (χ0) is 18.4. The highest BCUT2D eigenvalue weighted by atomic mass is 19.1. The molecule has 0 aliphatic carbocycles. The number of nitrogens with one attached hydrogen (secondary N) is 1. The van der Waals surface area contributed by atoms with Crippen molar-refractivity contribution < 1.29 is 14.0 Å². The second-order valence-corrected chi connectivity index (χ2v) is 6.35. The molecule has 1 N–H and O–H groups in total.